The van der Waals surface area contributed by atoms with Gasteiger partial charge < -0.3 is 4.74 Å². The van der Waals surface area contributed by atoms with Crippen molar-refractivity contribution in [3.63, 3.8) is 0 Å². The zero-order valence-corrected chi connectivity index (χ0v) is 21.5. The summed E-state index contributed by atoms with van der Waals surface area (Å²) in [5, 5.41) is 9.19. The Morgan fingerprint density at radius 2 is 1.73 bits per heavy atom. The van der Waals surface area contributed by atoms with Gasteiger partial charge in [0.05, 0.1) is 27.2 Å². The second-order valence-electron chi connectivity index (χ2n) is 8.52. The fourth-order valence-corrected chi connectivity index (χ4v) is 5.91. The fourth-order valence-electron chi connectivity index (χ4n) is 4.10. The molecule has 1 fully saturated rings. The van der Waals surface area contributed by atoms with Gasteiger partial charge in [-0.05, 0) is 66.6 Å². The number of halogens is 4. The SMILES string of the molecule is O=S(=O)(c1ccc(F)cc1)N1CCC(n2cc(-c3cc(F)ccc3OCc3ccc(Cl)c(Cl)c3)nn2)C1. The molecule has 0 amide bonds. The van der Waals surface area contributed by atoms with Gasteiger partial charge in [0.15, 0.2) is 0 Å². The molecule has 1 aromatic heterocycles. The van der Waals surface area contributed by atoms with Crippen LogP contribution in [-0.4, -0.2) is 40.8 Å². The first-order chi connectivity index (χ1) is 17.7. The molecule has 0 radical (unpaired) electrons. The largest absolute Gasteiger partial charge is 0.488 e. The highest BCUT2D eigenvalue weighted by atomic mass is 35.5. The Kier molecular flexibility index (Phi) is 7.17. The van der Waals surface area contributed by atoms with E-state index in [-0.39, 0.29) is 30.6 Å². The van der Waals surface area contributed by atoms with E-state index < -0.39 is 21.7 Å². The van der Waals surface area contributed by atoms with E-state index in [9.17, 15) is 17.2 Å². The highest BCUT2D eigenvalue weighted by Crippen LogP contribution is 2.33. The van der Waals surface area contributed by atoms with Crippen LogP contribution in [0.15, 0.2) is 71.8 Å². The van der Waals surface area contributed by atoms with Gasteiger partial charge in [-0.3, -0.25) is 0 Å². The molecule has 0 bridgehead atoms. The summed E-state index contributed by atoms with van der Waals surface area (Å²) in [5.41, 5.74) is 1.56. The topological polar surface area (TPSA) is 77.3 Å². The highest BCUT2D eigenvalue weighted by Gasteiger charge is 2.34. The number of nitrogens with zero attached hydrogens (tertiary/aromatic N) is 4. The summed E-state index contributed by atoms with van der Waals surface area (Å²) in [6, 6.07) is 13.7. The van der Waals surface area contributed by atoms with Gasteiger partial charge in [-0.15, -0.1) is 5.10 Å². The molecule has 0 saturated carbocycles. The molecule has 12 heteroatoms. The van der Waals surface area contributed by atoms with Crippen LogP contribution in [0.1, 0.15) is 18.0 Å². The normalized spacial score (nSPS) is 16.3. The van der Waals surface area contributed by atoms with Gasteiger partial charge in [0.1, 0.15) is 29.7 Å². The first kappa shape index (κ1) is 25.6. The van der Waals surface area contributed by atoms with Gasteiger partial charge in [-0.25, -0.2) is 21.9 Å². The number of rotatable bonds is 7. The maximum atomic E-state index is 14.1. The summed E-state index contributed by atoms with van der Waals surface area (Å²) >= 11 is 12.0. The van der Waals surface area contributed by atoms with Gasteiger partial charge in [0.2, 0.25) is 10.0 Å². The molecule has 1 aliphatic rings. The number of sulfonamides is 1. The molecule has 7 nitrogen and oxygen atoms in total. The highest BCUT2D eigenvalue weighted by molar-refractivity contribution is 7.89. The van der Waals surface area contributed by atoms with Crippen molar-refractivity contribution in [1.82, 2.24) is 19.3 Å². The third kappa shape index (κ3) is 5.47. The maximum absolute atomic E-state index is 14.1. The number of aromatic nitrogens is 3. The molecule has 1 aliphatic heterocycles. The van der Waals surface area contributed by atoms with Crippen LogP contribution in [0.3, 0.4) is 0 Å². The Labute approximate surface area is 222 Å². The average Bonchev–Trinajstić information content (AvgIpc) is 3.56. The monoisotopic (exact) mass is 564 g/mol. The van der Waals surface area contributed by atoms with E-state index in [4.69, 9.17) is 27.9 Å². The summed E-state index contributed by atoms with van der Waals surface area (Å²) in [4.78, 5) is 0.0253. The van der Waals surface area contributed by atoms with Crippen molar-refractivity contribution in [3.8, 4) is 17.0 Å². The lowest BCUT2D eigenvalue weighted by Gasteiger charge is -2.16. The van der Waals surface area contributed by atoms with E-state index in [1.54, 1.807) is 29.1 Å². The Morgan fingerprint density at radius 3 is 2.49 bits per heavy atom. The molecular weight excluding hydrogens is 545 g/mol. The average molecular weight is 565 g/mol. The minimum atomic E-state index is -3.78. The van der Waals surface area contributed by atoms with Crippen LogP contribution in [0.5, 0.6) is 5.75 Å². The van der Waals surface area contributed by atoms with Crippen LogP contribution in [0.25, 0.3) is 11.3 Å². The van der Waals surface area contributed by atoms with Crippen molar-refractivity contribution in [3.05, 3.63) is 94.1 Å². The van der Waals surface area contributed by atoms with Crippen molar-refractivity contribution in [2.75, 3.05) is 13.1 Å². The van der Waals surface area contributed by atoms with Crippen LogP contribution in [0.4, 0.5) is 8.78 Å². The predicted molar refractivity (Wildman–Crippen MR) is 135 cm³/mol. The Balaban J connectivity index is 1.33. The number of ether oxygens (including phenoxy) is 1. The van der Waals surface area contributed by atoms with Crippen molar-refractivity contribution in [1.29, 1.82) is 0 Å². The van der Waals surface area contributed by atoms with Crippen LogP contribution < -0.4 is 4.74 Å². The van der Waals surface area contributed by atoms with Gasteiger partial charge in [-0.1, -0.05) is 34.5 Å². The Morgan fingerprint density at radius 1 is 0.973 bits per heavy atom. The maximum Gasteiger partial charge on any atom is 0.243 e. The quantitative estimate of drug-likeness (QED) is 0.286. The lowest BCUT2D eigenvalue weighted by Crippen LogP contribution is -2.29. The molecule has 5 rings (SSSR count). The van der Waals surface area contributed by atoms with Crippen LogP contribution in [0, 0.1) is 11.6 Å². The van der Waals surface area contributed by atoms with Crippen molar-refractivity contribution in [2.24, 2.45) is 0 Å². The minimum Gasteiger partial charge on any atom is -0.488 e. The lowest BCUT2D eigenvalue weighted by atomic mass is 10.1. The first-order valence-electron chi connectivity index (χ1n) is 11.2. The summed E-state index contributed by atoms with van der Waals surface area (Å²) in [7, 11) is -3.78. The standard InChI is InChI=1S/C25H20Cl2F2N4O3S/c26-22-7-1-16(11-23(22)27)15-36-25-8-4-18(29)12-21(25)24-14-33(31-30-24)19-9-10-32(13-19)37(34,35)20-5-2-17(28)3-6-20/h1-8,11-12,14,19H,9-10,13,15H2. The van der Waals surface area contributed by atoms with E-state index in [0.29, 0.717) is 33.5 Å². The van der Waals surface area contributed by atoms with Crippen molar-refractivity contribution < 1.29 is 21.9 Å². The minimum absolute atomic E-state index is 0.0253. The third-order valence-corrected chi connectivity index (χ3v) is 8.68. The van der Waals surface area contributed by atoms with Gasteiger partial charge in [0.25, 0.3) is 0 Å². The molecule has 192 valence electrons. The third-order valence-electron chi connectivity index (χ3n) is 6.06. The summed E-state index contributed by atoms with van der Waals surface area (Å²) in [6.07, 6.45) is 2.15. The first-order valence-corrected chi connectivity index (χ1v) is 13.4. The summed E-state index contributed by atoms with van der Waals surface area (Å²) in [6.45, 7) is 0.617. The van der Waals surface area contributed by atoms with Gasteiger partial charge >= 0.3 is 0 Å². The summed E-state index contributed by atoms with van der Waals surface area (Å²) in [5.74, 6) is -0.582. The smallest absolute Gasteiger partial charge is 0.243 e. The molecular formula is C25H20Cl2F2N4O3S. The number of benzene rings is 3. The number of hydrogen-bond donors (Lipinski definition) is 0. The van der Waals surface area contributed by atoms with Crippen molar-refractivity contribution >= 4 is 33.2 Å². The molecule has 2 heterocycles. The van der Waals surface area contributed by atoms with E-state index in [1.165, 1.54) is 34.6 Å². The van der Waals surface area contributed by atoms with Crippen molar-refractivity contribution in [2.45, 2.75) is 24.0 Å². The van der Waals surface area contributed by atoms with E-state index in [0.717, 1.165) is 17.7 Å². The second kappa shape index (κ2) is 10.4. The van der Waals surface area contributed by atoms with Gasteiger partial charge in [-0.2, -0.15) is 4.31 Å². The molecule has 4 aromatic rings. The zero-order valence-electron chi connectivity index (χ0n) is 19.2. The van der Waals surface area contributed by atoms with Crippen LogP contribution in [0.2, 0.25) is 10.0 Å². The molecule has 0 aliphatic carbocycles. The Hall–Kier alpha value is -3.05. The Bertz CT molecular complexity index is 1550. The summed E-state index contributed by atoms with van der Waals surface area (Å²) < 4.78 is 62.1. The second-order valence-corrected chi connectivity index (χ2v) is 11.3. The van der Waals surface area contributed by atoms with E-state index >= 15 is 0 Å². The lowest BCUT2D eigenvalue weighted by molar-refractivity contribution is 0.307. The zero-order chi connectivity index (χ0) is 26.2. The molecule has 3 aromatic carbocycles. The van der Waals surface area contributed by atoms with E-state index in [1.807, 2.05) is 0 Å². The van der Waals surface area contributed by atoms with Crippen LogP contribution in [-0.2, 0) is 16.6 Å². The molecule has 37 heavy (non-hydrogen) atoms. The predicted octanol–water partition coefficient (Wildman–Crippen LogP) is 5.74. The van der Waals surface area contributed by atoms with Gasteiger partial charge in [0, 0.05) is 18.7 Å². The molecule has 0 spiro atoms. The van der Waals surface area contributed by atoms with E-state index in [2.05, 4.69) is 10.3 Å². The molecule has 1 unspecified atom stereocenters. The number of hydrogen-bond acceptors (Lipinski definition) is 5. The van der Waals surface area contributed by atoms with Crippen LogP contribution >= 0.6 is 23.2 Å². The molecule has 1 saturated heterocycles. The molecule has 0 N–H and O–H groups in total. The fraction of sp³-hybridized carbons (Fsp3) is 0.200. The molecule has 1 atom stereocenters.